The third-order valence-corrected chi connectivity index (χ3v) is 3.84. The SMILES string of the molecule is CC1CCCN(C(=O)Nc2ccc(N)cc2Br)C1. The van der Waals surface area contributed by atoms with Gasteiger partial charge in [0.25, 0.3) is 0 Å². The maximum atomic E-state index is 12.1. The summed E-state index contributed by atoms with van der Waals surface area (Å²) in [5, 5.41) is 2.91. The number of urea groups is 1. The zero-order valence-corrected chi connectivity index (χ0v) is 12.0. The molecule has 1 unspecified atom stereocenters. The van der Waals surface area contributed by atoms with Crippen molar-refractivity contribution < 1.29 is 4.79 Å². The normalized spacial score (nSPS) is 19.7. The topological polar surface area (TPSA) is 58.4 Å². The number of halogens is 1. The van der Waals surface area contributed by atoms with Crippen molar-refractivity contribution in [1.82, 2.24) is 4.90 Å². The van der Waals surface area contributed by atoms with E-state index in [-0.39, 0.29) is 6.03 Å². The third-order valence-electron chi connectivity index (χ3n) is 3.18. The fourth-order valence-corrected chi connectivity index (χ4v) is 2.70. The molecule has 3 N–H and O–H groups in total. The number of carbonyl (C=O) groups excluding carboxylic acids is 1. The summed E-state index contributed by atoms with van der Waals surface area (Å²) in [4.78, 5) is 14.0. The molecule has 2 rings (SSSR count). The van der Waals surface area contributed by atoms with Crippen molar-refractivity contribution in [3.05, 3.63) is 22.7 Å². The summed E-state index contributed by atoms with van der Waals surface area (Å²) in [6.45, 7) is 3.85. The van der Waals surface area contributed by atoms with Crippen molar-refractivity contribution in [3.8, 4) is 0 Å². The summed E-state index contributed by atoms with van der Waals surface area (Å²) in [7, 11) is 0. The molecule has 98 valence electrons. The van der Waals surface area contributed by atoms with Crippen LogP contribution in [0, 0.1) is 5.92 Å². The number of benzene rings is 1. The van der Waals surface area contributed by atoms with Gasteiger partial charge in [0.15, 0.2) is 0 Å². The number of anilines is 2. The molecule has 5 heteroatoms. The Labute approximate surface area is 116 Å². The first-order valence-corrected chi connectivity index (χ1v) is 6.96. The van der Waals surface area contributed by atoms with Crippen molar-refractivity contribution in [2.75, 3.05) is 24.1 Å². The highest BCUT2D eigenvalue weighted by Crippen LogP contribution is 2.25. The van der Waals surface area contributed by atoms with Crippen LogP contribution >= 0.6 is 15.9 Å². The predicted octanol–water partition coefficient (Wildman–Crippen LogP) is 3.30. The Bertz CT molecular complexity index is 450. The van der Waals surface area contributed by atoms with Gasteiger partial charge in [-0.15, -0.1) is 0 Å². The molecule has 1 saturated heterocycles. The van der Waals surface area contributed by atoms with E-state index in [0.29, 0.717) is 11.6 Å². The fraction of sp³-hybridized carbons (Fsp3) is 0.462. The highest BCUT2D eigenvalue weighted by Gasteiger charge is 2.21. The maximum absolute atomic E-state index is 12.1. The molecule has 1 aliphatic heterocycles. The van der Waals surface area contributed by atoms with Crippen molar-refractivity contribution in [3.63, 3.8) is 0 Å². The van der Waals surface area contributed by atoms with Crippen molar-refractivity contribution >= 4 is 33.3 Å². The molecule has 0 spiro atoms. The molecule has 1 fully saturated rings. The molecule has 1 aromatic rings. The van der Waals surface area contributed by atoms with Crippen LogP contribution < -0.4 is 11.1 Å². The molecule has 2 amide bonds. The van der Waals surface area contributed by atoms with E-state index in [9.17, 15) is 4.79 Å². The van der Waals surface area contributed by atoms with Crippen LogP contribution in [0.1, 0.15) is 19.8 Å². The van der Waals surface area contributed by atoms with E-state index in [2.05, 4.69) is 28.2 Å². The second kappa shape index (κ2) is 5.61. The number of nitrogens with one attached hydrogen (secondary N) is 1. The number of hydrogen-bond acceptors (Lipinski definition) is 2. The molecule has 1 atom stereocenters. The minimum Gasteiger partial charge on any atom is -0.399 e. The lowest BCUT2D eigenvalue weighted by atomic mass is 10.0. The molecule has 0 saturated carbocycles. The van der Waals surface area contributed by atoms with Gasteiger partial charge in [0.1, 0.15) is 0 Å². The molecular formula is C13H18BrN3O. The number of nitrogens with zero attached hydrogens (tertiary/aromatic N) is 1. The van der Waals surface area contributed by atoms with E-state index < -0.39 is 0 Å². The van der Waals surface area contributed by atoms with Gasteiger partial charge in [-0.1, -0.05) is 6.92 Å². The van der Waals surface area contributed by atoms with Gasteiger partial charge < -0.3 is 16.0 Å². The van der Waals surface area contributed by atoms with Crippen LogP contribution in [0.25, 0.3) is 0 Å². The lowest BCUT2D eigenvalue weighted by Crippen LogP contribution is -2.41. The Morgan fingerprint density at radius 1 is 1.56 bits per heavy atom. The lowest BCUT2D eigenvalue weighted by Gasteiger charge is -2.31. The Hall–Kier alpha value is -1.23. The number of nitrogens with two attached hydrogens (primary N) is 1. The monoisotopic (exact) mass is 311 g/mol. The Morgan fingerprint density at radius 3 is 3.00 bits per heavy atom. The lowest BCUT2D eigenvalue weighted by molar-refractivity contribution is 0.182. The average Bonchev–Trinajstić information content (AvgIpc) is 2.32. The molecule has 1 aliphatic rings. The largest absolute Gasteiger partial charge is 0.399 e. The van der Waals surface area contributed by atoms with Crippen molar-refractivity contribution in [2.24, 2.45) is 5.92 Å². The number of rotatable bonds is 1. The maximum Gasteiger partial charge on any atom is 0.321 e. The molecule has 0 bridgehead atoms. The number of amides is 2. The van der Waals surface area contributed by atoms with E-state index in [0.717, 1.165) is 29.7 Å². The van der Waals surface area contributed by atoms with E-state index in [1.165, 1.54) is 6.42 Å². The highest BCUT2D eigenvalue weighted by molar-refractivity contribution is 9.10. The number of nitrogen functional groups attached to an aromatic ring is 1. The summed E-state index contributed by atoms with van der Waals surface area (Å²) < 4.78 is 0.806. The predicted molar refractivity (Wildman–Crippen MR) is 77.5 cm³/mol. The molecule has 18 heavy (non-hydrogen) atoms. The molecule has 1 heterocycles. The first kappa shape index (κ1) is 13.2. The summed E-state index contributed by atoms with van der Waals surface area (Å²) in [5.74, 6) is 0.583. The van der Waals surface area contributed by atoms with Crippen LogP contribution in [0.5, 0.6) is 0 Å². The van der Waals surface area contributed by atoms with E-state index in [1.807, 2.05) is 11.0 Å². The van der Waals surface area contributed by atoms with Gasteiger partial charge >= 0.3 is 6.03 Å². The van der Waals surface area contributed by atoms with Crippen molar-refractivity contribution in [2.45, 2.75) is 19.8 Å². The van der Waals surface area contributed by atoms with Gasteiger partial charge in [0.05, 0.1) is 5.69 Å². The molecule has 4 nitrogen and oxygen atoms in total. The quantitative estimate of drug-likeness (QED) is 0.782. The Balaban J connectivity index is 2.02. The first-order chi connectivity index (χ1) is 8.56. The highest BCUT2D eigenvalue weighted by atomic mass is 79.9. The van der Waals surface area contributed by atoms with Gasteiger partial charge in [-0.25, -0.2) is 4.79 Å². The second-order valence-corrected chi connectivity index (χ2v) is 5.72. The van der Waals surface area contributed by atoms with Crippen molar-refractivity contribution in [1.29, 1.82) is 0 Å². The fourth-order valence-electron chi connectivity index (χ4n) is 2.20. The summed E-state index contributed by atoms with van der Waals surface area (Å²) in [6, 6.07) is 5.34. The van der Waals surface area contributed by atoms with Crippen LogP contribution in [0.2, 0.25) is 0 Å². The summed E-state index contributed by atoms with van der Waals surface area (Å²) in [6.07, 6.45) is 2.28. The number of carbonyl (C=O) groups is 1. The first-order valence-electron chi connectivity index (χ1n) is 6.17. The summed E-state index contributed by atoms with van der Waals surface area (Å²) in [5.41, 5.74) is 7.10. The van der Waals surface area contributed by atoms with Crippen LogP contribution in [0.4, 0.5) is 16.2 Å². The Kier molecular flexibility index (Phi) is 4.11. The number of likely N-dealkylation sites (tertiary alicyclic amines) is 1. The second-order valence-electron chi connectivity index (χ2n) is 4.86. The minimum absolute atomic E-state index is 0.0352. The molecule has 0 aromatic heterocycles. The number of hydrogen-bond donors (Lipinski definition) is 2. The van der Waals surface area contributed by atoms with Crippen LogP contribution in [0.3, 0.4) is 0 Å². The molecule has 0 radical (unpaired) electrons. The van der Waals surface area contributed by atoms with Gasteiger partial charge in [0, 0.05) is 23.2 Å². The van der Waals surface area contributed by atoms with Gasteiger partial charge in [0.2, 0.25) is 0 Å². The molecule has 1 aromatic carbocycles. The van der Waals surface area contributed by atoms with Crippen LogP contribution in [0.15, 0.2) is 22.7 Å². The molecular weight excluding hydrogens is 294 g/mol. The minimum atomic E-state index is -0.0352. The van der Waals surface area contributed by atoms with Gasteiger partial charge in [-0.05, 0) is 52.9 Å². The average molecular weight is 312 g/mol. The van der Waals surface area contributed by atoms with Gasteiger partial charge in [-0.2, -0.15) is 0 Å². The summed E-state index contributed by atoms with van der Waals surface area (Å²) >= 11 is 3.40. The van der Waals surface area contributed by atoms with Crippen LogP contribution in [-0.4, -0.2) is 24.0 Å². The van der Waals surface area contributed by atoms with Crippen LogP contribution in [-0.2, 0) is 0 Å². The smallest absolute Gasteiger partial charge is 0.321 e. The zero-order valence-electron chi connectivity index (χ0n) is 10.4. The van der Waals surface area contributed by atoms with E-state index in [4.69, 9.17) is 5.73 Å². The molecule has 0 aliphatic carbocycles. The van der Waals surface area contributed by atoms with E-state index in [1.54, 1.807) is 12.1 Å². The number of piperidine rings is 1. The standard InChI is InChI=1S/C13H18BrN3O/c1-9-3-2-6-17(8-9)13(18)16-12-5-4-10(15)7-11(12)14/h4-5,7,9H,2-3,6,8,15H2,1H3,(H,16,18). The Morgan fingerprint density at radius 2 is 2.33 bits per heavy atom. The zero-order chi connectivity index (χ0) is 13.1. The van der Waals surface area contributed by atoms with Gasteiger partial charge in [-0.3, -0.25) is 0 Å². The van der Waals surface area contributed by atoms with E-state index >= 15 is 0 Å². The third kappa shape index (κ3) is 3.16.